The molecule has 3 atom stereocenters. The first kappa shape index (κ1) is 10.4. The van der Waals surface area contributed by atoms with E-state index >= 15 is 0 Å². The number of fused-ring (bicyclic) bond motifs is 2. The van der Waals surface area contributed by atoms with Crippen LogP contribution in [0.15, 0.2) is 0 Å². The number of aliphatic hydroxyl groups is 1. The van der Waals surface area contributed by atoms with E-state index in [2.05, 4.69) is 20.8 Å². The Balaban J connectivity index is 2.11. The Morgan fingerprint density at radius 2 is 2.07 bits per heavy atom. The van der Waals surface area contributed by atoms with Crippen LogP contribution in [0.5, 0.6) is 0 Å². The number of rotatable bonds is 3. The molecule has 2 aliphatic carbocycles. The highest BCUT2D eigenvalue weighted by Crippen LogP contribution is 2.66. The Hall–Kier alpha value is -0.0800. The smallest absolute Gasteiger partial charge is 0.0701 e. The van der Waals surface area contributed by atoms with E-state index in [-0.39, 0.29) is 6.61 Å². The fraction of sp³-hybridized carbons (Fsp3) is 1.00. The van der Waals surface area contributed by atoms with E-state index in [1.807, 2.05) is 0 Å². The highest BCUT2D eigenvalue weighted by molar-refractivity contribution is 5.11. The minimum Gasteiger partial charge on any atom is -0.394 e. The molecule has 82 valence electrons. The lowest BCUT2D eigenvalue weighted by Gasteiger charge is -2.38. The molecule has 2 saturated carbocycles. The Kier molecular flexibility index (Phi) is 2.39. The van der Waals surface area contributed by atoms with Gasteiger partial charge < -0.3 is 9.84 Å². The third kappa shape index (κ3) is 1.17. The second-order valence-corrected chi connectivity index (χ2v) is 5.69. The second kappa shape index (κ2) is 3.21. The summed E-state index contributed by atoms with van der Waals surface area (Å²) in [5.74, 6) is 0.830. The summed E-state index contributed by atoms with van der Waals surface area (Å²) in [7, 11) is 0. The van der Waals surface area contributed by atoms with Gasteiger partial charge in [-0.3, -0.25) is 0 Å². The van der Waals surface area contributed by atoms with Gasteiger partial charge in [-0.25, -0.2) is 0 Å². The van der Waals surface area contributed by atoms with Gasteiger partial charge in [-0.1, -0.05) is 20.8 Å². The van der Waals surface area contributed by atoms with Crippen molar-refractivity contribution < 1.29 is 9.84 Å². The van der Waals surface area contributed by atoms with Crippen molar-refractivity contribution in [3.05, 3.63) is 0 Å². The van der Waals surface area contributed by atoms with E-state index in [4.69, 9.17) is 9.84 Å². The van der Waals surface area contributed by atoms with Gasteiger partial charge in [0.05, 0.1) is 19.3 Å². The van der Waals surface area contributed by atoms with Gasteiger partial charge in [0.25, 0.3) is 0 Å². The number of ether oxygens (including phenoxy) is 1. The molecule has 2 fully saturated rings. The molecule has 2 rings (SSSR count). The maximum atomic E-state index is 8.79. The maximum Gasteiger partial charge on any atom is 0.0701 e. The number of aliphatic hydroxyl groups excluding tert-OH is 1. The van der Waals surface area contributed by atoms with Gasteiger partial charge in [0.15, 0.2) is 0 Å². The predicted molar refractivity (Wildman–Crippen MR) is 56.1 cm³/mol. The fourth-order valence-corrected chi connectivity index (χ4v) is 3.58. The second-order valence-electron chi connectivity index (χ2n) is 5.69. The first-order chi connectivity index (χ1) is 6.52. The lowest BCUT2D eigenvalue weighted by molar-refractivity contribution is -0.0562. The molecule has 0 radical (unpaired) electrons. The van der Waals surface area contributed by atoms with Crippen LogP contribution < -0.4 is 0 Å². The minimum absolute atomic E-state index is 0.150. The minimum atomic E-state index is 0.150. The van der Waals surface area contributed by atoms with Crippen LogP contribution in [0.2, 0.25) is 0 Å². The van der Waals surface area contributed by atoms with Crippen LogP contribution in [0.4, 0.5) is 0 Å². The molecule has 2 bridgehead atoms. The molecule has 0 heterocycles. The van der Waals surface area contributed by atoms with Crippen LogP contribution in [0.25, 0.3) is 0 Å². The largest absolute Gasteiger partial charge is 0.394 e. The van der Waals surface area contributed by atoms with Gasteiger partial charge >= 0.3 is 0 Å². The van der Waals surface area contributed by atoms with E-state index in [1.165, 1.54) is 19.3 Å². The van der Waals surface area contributed by atoms with E-state index in [0.29, 0.717) is 23.5 Å². The predicted octanol–water partition coefficient (Wildman–Crippen LogP) is 2.21. The number of hydrogen-bond donors (Lipinski definition) is 1. The van der Waals surface area contributed by atoms with Crippen LogP contribution in [0.3, 0.4) is 0 Å². The van der Waals surface area contributed by atoms with Gasteiger partial charge in [-0.05, 0) is 36.0 Å². The van der Waals surface area contributed by atoms with Crippen molar-refractivity contribution in [2.45, 2.75) is 46.1 Å². The fourth-order valence-electron chi connectivity index (χ4n) is 3.58. The Morgan fingerprint density at radius 1 is 1.36 bits per heavy atom. The van der Waals surface area contributed by atoms with E-state index in [0.717, 1.165) is 5.92 Å². The quantitative estimate of drug-likeness (QED) is 0.753. The summed E-state index contributed by atoms with van der Waals surface area (Å²) in [4.78, 5) is 0. The zero-order chi connectivity index (χ0) is 10.4. The van der Waals surface area contributed by atoms with Crippen molar-refractivity contribution in [1.82, 2.24) is 0 Å². The summed E-state index contributed by atoms with van der Waals surface area (Å²) < 4.78 is 5.77. The summed E-state index contributed by atoms with van der Waals surface area (Å²) in [6.07, 6.45) is 4.23. The van der Waals surface area contributed by atoms with Gasteiger partial charge in [-0.2, -0.15) is 0 Å². The molecular weight excluding hydrogens is 176 g/mol. The van der Waals surface area contributed by atoms with Crippen LogP contribution >= 0.6 is 0 Å². The Morgan fingerprint density at radius 3 is 2.50 bits per heavy atom. The van der Waals surface area contributed by atoms with Gasteiger partial charge in [0.1, 0.15) is 0 Å². The monoisotopic (exact) mass is 198 g/mol. The van der Waals surface area contributed by atoms with Crippen LogP contribution in [0, 0.1) is 16.7 Å². The molecule has 2 heteroatoms. The van der Waals surface area contributed by atoms with Crippen LogP contribution in [-0.4, -0.2) is 24.4 Å². The summed E-state index contributed by atoms with van der Waals surface area (Å²) in [6.45, 7) is 7.78. The molecule has 0 aliphatic heterocycles. The number of hydrogen-bond acceptors (Lipinski definition) is 2. The van der Waals surface area contributed by atoms with Crippen LogP contribution in [0.1, 0.15) is 40.0 Å². The zero-order valence-corrected chi connectivity index (χ0v) is 9.55. The first-order valence-corrected chi connectivity index (χ1v) is 5.75. The Labute approximate surface area is 86.6 Å². The van der Waals surface area contributed by atoms with E-state index < -0.39 is 0 Å². The normalized spacial score (nSPS) is 44.6. The Bertz CT molecular complexity index is 224. The summed E-state index contributed by atoms with van der Waals surface area (Å²) in [5.41, 5.74) is 0.764. The first-order valence-electron chi connectivity index (χ1n) is 5.75. The average Bonchev–Trinajstić information content (AvgIpc) is 2.46. The van der Waals surface area contributed by atoms with Crippen molar-refractivity contribution in [2.75, 3.05) is 13.2 Å². The van der Waals surface area contributed by atoms with Crippen molar-refractivity contribution in [3.8, 4) is 0 Å². The molecule has 0 aromatic heterocycles. The molecule has 0 spiro atoms. The summed E-state index contributed by atoms with van der Waals surface area (Å²) in [6, 6.07) is 0. The molecule has 14 heavy (non-hydrogen) atoms. The lowest BCUT2D eigenvalue weighted by Crippen LogP contribution is -2.37. The highest BCUT2D eigenvalue weighted by Gasteiger charge is 2.61. The van der Waals surface area contributed by atoms with E-state index in [1.54, 1.807) is 0 Å². The topological polar surface area (TPSA) is 29.5 Å². The molecule has 2 nitrogen and oxygen atoms in total. The van der Waals surface area contributed by atoms with Gasteiger partial charge in [0.2, 0.25) is 0 Å². The molecule has 0 aromatic rings. The molecule has 0 aromatic carbocycles. The molecule has 0 amide bonds. The van der Waals surface area contributed by atoms with Crippen molar-refractivity contribution >= 4 is 0 Å². The molecule has 0 saturated heterocycles. The van der Waals surface area contributed by atoms with Crippen LogP contribution in [-0.2, 0) is 4.74 Å². The standard InChI is InChI=1S/C12H22O2/c1-11(2)9-4-5-12(11,3)10(8-9)14-7-6-13/h9-10,13H,4-8H2,1-3H3/t9-,10-,12+/m1/s1. The SMILES string of the molecule is CC1(C)[C@@H]2CC[C@@]1(C)[C@H](OCCO)C2. The molecule has 0 unspecified atom stereocenters. The van der Waals surface area contributed by atoms with Crippen molar-refractivity contribution in [1.29, 1.82) is 0 Å². The maximum absolute atomic E-state index is 8.79. The third-order valence-corrected chi connectivity index (χ3v) is 5.12. The third-order valence-electron chi connectivity index (χ3n) is 5.12. The molecule has 2 aliphatic rings. The zero-order valence-electron chi connectivity index (χ0n) is 9.55. The summed E-state index contributed by atoms with van der Waals surface area (Å²) >= 11 is 0. The van der Waals surface area contributed by atoms with Gasteiger partial charge in [-0.15, -0.1) is 0 Å². The molecule has 1 N–H and O–H groups in total. The van der Waals surface area contributed by atoms with Crippen molar-refractivity contribution in [2.24, 2.45) is 16.7 Å². The highest BCUT2D eigenvalue weighted by atomic mass is 16.5. The summed E-state index contributed by atoms with van der Waals surface area (Å²) in [5, 5.41) is 8.79. The molecular formula is C12H22O2. The lowest BCUT2D eigenvalue weighted by atomic mass is 9.70. The van der Waals surface area contributed by atoms with E-state index in [9.17, 15) is 0 Å². The van der Waals surface area contributed by atoms with Crippen molar-refractivity contribution in [3.63, 3.8) is 0 Å². The van der Waals surface area contributed by atoms with Gasteiger partial charge in [0, 0.05) is 0 Å². The average molecular weight is 198 g/mol.